The molecule has 0 atom stereocenters. The summed E-state index contributed by atoms with van der Waals surface area (Å²) in [4.78, 5) is 20.0. The van der Waals surface area contributed by atoms with Crippen LogP contribution in [0.3, 0.4) is 0 Å². The molecule has 3 N–H and O–H groups in total. The number of nitrogens with two attached hydrogens (primary N) is 1. The predicted octanol–water partition coefficient (Wildman–Crippen LogP) is 2.06. The summed E-state index contributed by atoms with van der Waals surface area (Å²) < 4.78 is 0.873. The highest BCUT2D eigenvalue weighted by Gasteiger charge is 2.07. The van der Waals surface area contributed by atoms with Crippen molar-refractivity contribution in [3.8, 4) is 0 Å². The Morgan fingerprint density at radius 3 is 2.89 bits per heavy atom. The molecular formula is C13H13BrN4O. The second-order valence-corrected chi connectivity index (χ2v) is 5.01. The molecule has 1 amide bonds. The van der Waals surface area contributed by atoms with E-state index in [4.69, 9.17) is 5.73 Å². The van der Waals surface area contributed by atoms with Gasteiger partial charge in [-0.25, -0.2) is 9.97 Å². The smallest absolute Gasteiger partial charge is 0.251 e. The van der Waals surface area contributed by atoms with Crippen molar-refractivity contribution in [1.29, 1.82) is 0 Å². The highest BCUT2D eigenvalue weighted by molar-refractivity contribution is 9.10. The van der Waals surface area contributed by atoms with Crippen LogP contribution in [0, 0.1) is 6.92 Å². The number of amides is 1. The molecule has 1 heterocycles. The predicted molar refractivity (Wildman–Crippen MR) is 76.5 cm³/mol. The fraction of sp³-hybridized carbons (Fsp3) is 0.154. The molecular weight excluding hydrogens is 308 g/mol. The summed E-state index contributed by atoms with van der Waals surface area (Å²) in [6, 6.07) is 7.13. The number of hydrogen-bond acceptors (Lipinski definition) is 4. The van der Waals surface area contributed by atoms with E-state index < -0.39 is 0 Å². The normalized spacial score (nSPS) is 10.2. The first-order chi connectivity index (χ1) is 9.04. The number of halogens is 1. The molecule has 6 heteroatoms. The summed E-state index contributed by atoms with van der Waals surface area (Å²) in [7, 11) is 0. The fourth-order valence-electron chi connectivity index (χ4n) is 1.63. The number of rotatable bonds is 3. The van der Waals surface area contributed by atoms with Crippen LogP contribution in [0.15, 0.2) is 34.9 Å². The van der Waals surface area contributed by atoms with Gasteiger partial charge in [0.25, 0.3) is 5.91 Å². The summed E-state index contributed by atoms with van der Waals surface area (Å²) in [5.41, 5.74) is 7.15. The molecule has 0 radical (unpaired) electrons. The molecule has 0 saturated heterocycles. The number of anilines is 1. The number of aryl methyl sites for hydroxylation is 1. The SMILES string of the molecule is Cc1cc(Br)cc(C(=O)NCc2nccc(N)n2)c1. The lowest BCUT2D eigenvalue weighted by Crippen LogP contribution is -2.24. The minimum Gasteiger partial charge on any atom is -0.384 e. The Bertz CT molecular complexity index is 595. The van der Waals surface area contributed by atoms with Gasteiger partial charge in [0.05, 0.1) is 6.54 Å². The number of nitrogen functional groups attached to an aromatic ring is 1. The number of carbonyl (C=O) groups excluding carboxylic acids is 1. The summed E-state index contributed by atoms with van der Waals surface area (Å²) in [5, 5.41) is 2.76. The van der Waals surface area contributed by atoms with Gasteiger partial charge in [0.15, 0.2) is 0 Å². The number of nitrogens with one attached hydrogen (secondary N) is 1. The topological polar surface area (TPSA) is 80.9 Å². The van der Waals surface area contributed by atoms with E-state index >= 15 is 0 Å². The van der Waals surface area contributed by atoms with E-state index in [0.29, 0.717) is 17.2 Å². The number of aromatic nitrogens is 2. The minimum absolute atomic E-state index is 0.171. The van der Waals surface area contributed by atoms with Crippen LogP contribution in [0.25, 0.3) is 0 Å². The Hall–Kier alpha value is -1.95. The Balaban J connectivity index is 2.05. The molecule has 2 aromatic rings. The monoisotopic (exact) mass is 320 g/mol. The Kier molecular flexibility index (Phi) is 4.11. The molecule has 0 spiro atoms. The number of hydrogen-bond donors (Lipinski definition) is 2. The van der Waals surface area contributed by atoms with Gasteiger partial charge in [-0.1, -0.05) is 15.9 Å². The third-order valence-corrected chi connectivity index (χ3v) is 2.90. The van der Waals surface area contributed by atoms with E-state index in [1.54, 1.807) is 18.3 Å². The average molecular weight is 321 g/mol. The summed E-state index contributed by atoms with van der Waals surface area (Å²) in [6.45, 7) is 2.18. The highest BCUT2D eigenvalue weighted by Crippen LogP contribution is 2.15. The van der Waals surface area contributed by atoms with Crippen molar-refractivity contribution >= 4 is 27.7 Å². The minimum atomic E-state index is -0.171. The molecule has 1 aromatic heterocycles. The number of benzene rings is 1. The Morgan fingerprint density at radius 1 is 1.42 bits per heavy atom. The first kappa shape index (κ1) is 13.5. The maximum Gasteiger partial charge on any atom is 0.251 e. The molecule has 2 rings (SSSR count). The summed E-state index contributed by atoms with van der Waals surface area (Å²) in [5.74, 6) is 0.702. The van der Waals surface area contributed by atoms with Gasteiger partial charge in [-0.3, -0.25) is 4.79 Å². The van der Waals surface area contributed by atoms with E-state index in [1.807, 2.05) is 19.1 Å². The molecule has 0 aliphatic heterocycles. The van der Waals surface area contributed by atoms with Gasteiger partial charge in [-0.2, -0.15) is 0 Å². The number of carbonyl (C=O) groups is 1. The van der Waals surface area contributed by atoms with Crippen LogP contribution in [0.5, 0.6) is 0 Å². The third-order valence-electron chi connectivity index (χ3n) is 2.44. The Labute approximate surface area is 119 Å². The zero-order chi connectivity index (χ0) is 13.8. The van der Waals surface area contributed by atoms with Gasteiger partial charge in [0, 0.05) is 16.2 Å². The van der Waals surface area contributed by atoms with Crippen LogP contribution in [0.4, 0.5) is 5.82 Å². The molecule has 19 heavy (non-hydrogen) atoms. The van der Waals surface area contributed by atoms with Crippen molar-refractivity contribution in [2.24, 2.45) is 0 Å². The molecule has 5 nitrogen and oxygen atoms in total. The van der Waals surface area contributed by atoms with Crippen LogP contribution in [-0.4, -0.2) is 15.9 Å². The lowest BCUT2D eigenvalue weighted by molar-refractivity contribution is 0.0949. The van der Waals surface area contributed by atoms with E-state index in [2.05, 4.69) is 31.2 Å². The summed E-state index contributed by atoms with van der Waals surface area (Å²) in [6.07, 6.45) is 1.56. The Morgan fingerprint density at radius 2 is 2.21 bits per heavy atom. The molecule has 0 unspecified atom stereocenters. The molecule has 0 fully saturated rings. The first-order valence-electron chi connectivity index (χ1n) is 5.67. The lowest BCUT2D eigenvalue weighted by Gasteiger charge is -2.06. The highest BCUT2D eigenvalue weighted by atomic mass is 79.9. The van der Waals surface area contributed by atoms with Crippen molar-refractivity contribution < 1.29 is 4.79 Å². The first-order valence-corrected chi connectivity index (χ1v) is 6.46. The second kappa shape index (κ2) is 5.79. The van der Waals surface area contributed by atoms with Gasteiger partial charge in [0.2, 0.25) is 0 Å². The van der Waals surface area contributed by atoms with Gasteiger partial charge in [-0.15, -0.1) is 0 Å². The van der Waals surface area contributed by atoms with Gasteiger partial charge in [0.1, 0.15) is 11.6 Å². The average Bonchev–Trinajstić information content (AvgIpc) is 2.35. The van der Waals surface area contributed by atoms with E-state index in [-0.39, 0.29) is 12.5 Å². The molecule has 0 aliphatic rings. The van der Waals surface area contributed by atoms with Crippen LogP contribution >= 0.6 is 15.9 Å². The molecule has 0 bridgehead atoms. The van der Waals surface area contributed by atoms with Crippen LogP contribution < -0.4 is 11.1 Å². The fourth-order valence-corrected chi connectivity index (χ4v) is 2.24. The maximum absolute atomic E-state index is 12.0. The van der Waals surface area contributed by atoms with Gasteiger partial charge >= 0.3 is 0 Å². The van der Waals surface area contributed by atoms with Crippen LogP contribution in [0.2, 0.25) is 0 Å². The quantitative estimate of drug-likeness (QED) is 0.907. The van der Waals surface area contributed by atoms with Gasteiger partial charge in [-0.05, 0) is 36.8 Å². The lowest BCUT2D eigenvalue weighted by atomic mass is 10.1. The number of nitrogens with zero attached hydrogens (tertiary/aromatic N) is 2. The van der Waals surface area contributed by atoms with Crippen molar-refractivity contribution in [1.82, 2.24) is 15.3 Å². The van der Waals surface area contributed by atoms with E-state index in [9.17, 15) is 4.79 Å². The van der Waals surface area contributed by atoms with E-state index in [0.717, 1.165) is 10.0 Å². The van der Waals surface area contributed by atoms with Crippen LogP contribution in [-0.2, 0) is 6.54 Å². The zero-order valence-electron chi connectivity index (χ0n) is 10.4. The molecule has 0 saturated carbocycles. The van der Waals surface area contributed by atoms with Crippen molar-refractivity contribution in [2.45, 2.75) is 13.5 Å². The maximum atomic E-state index is 12.0. The van der Waals surface area contributed by atoms with E-state index in [1.165, 1.54) is 0 Å². The molecule has 0 aliphatic carbocycles. The van der Waals surface area contributed by atoms with Crippen molar-refractivity contribution in [3.05, 3.63) is 51.9 Å². The van der Waals surface area contributed by atoms with Crippen LogP contribution in [0.1, 0.15) is 21.7 Å². The largest absolute Gasteiger partial charge is 0.384 e. The third kappa shape index (κ3) is 3.75. The summed E-state index contributed by atoms with van der Waals surface area (Å²) >= 11 is 3.37. The van der Waals surface area contributed by atoms with Crippen molar-refractivity contribution in [3.63, 3.8) is 0 Å². The standard InChI is InChI=1S/C13H13BrN4O/c1-8-4-9(6-10(14)5-8)13(19)17-7-12-16-3-2-11(15)18-12/h2-6H,7H2,1H3,(H,17,19)(H2,15,16,18). The zero-order valence-corrected chi connectivity index (χ0v) is 11.9. The molecule has 1 aromatic carbocycles. The van der Waals surface area contributed by atoms with Crippen molar-refractivity contribution in [2.75, 3.05) is 5.73 Å². The van der Waals surface area contributed by atoms with Gasteiger partial charge < -0.3 is 11.1 Å². The second-order valence-electron chi connectivity index (χ2n) is 4.10. The molecule has 98 valence electrons.